The molecule has 1 unspecified atom stereocenters. The summed E-state index contributed by atoms with van der Waals surface area (Å²) in [7, 11) is 0. The molecule has 0 amide bonds. The second-order valence-corrected chi connectivity index (χ2v) is 8.41. The van der Waals surface area contributed by atoms with Crippen molar-refractivity contribution >= 4 is 47.3 Å². The third-order valence-corrected chi connectivity index (χ3v) is 6.04. The summed E-state index contributed by atoms with van der Waals surface area (Å²) in [6.07, 6.45) is -9.39. The largest absolute Gasteiger partial charge is 0.371 e. The average molecular weight is 539 g/mol. The lowest BCUT2D eigenvalue weighted by molar-refractivity contribution is -0.254. The third-order valence-electron chi connectivity index (χ3n) is 5.11. The smallest absolute Gasteiger partial charge is 0.204 e. The number of anilines is 1. The summed E-state index contributed by atoms with van der Waals surface area (Å²) in [6.45, 7) is -3.23. The molecule has 1 fully saturated rings. The second-order valence-electron chi connectivity index (χ2n) is 7.38. The highest BCUT2D eigenvalue weighted by Crippen LogP contribution is 2.31. The number of hydrogen-bond acceptors (Lipinski definition) is 13. The number of ketones is 1. The van der Waals surface area contributed by atoms with Gasteiger partial charge in [0.1, 0.15) is 81.4 Å². The van der Waals surface area contributed by atoms with Crippen LogP contribution in [0.3, 0.4) is 0 Å². The first-order chi connectivity index (χ1) is 19.5. The Bertz CT molecular complexity index is 1230. The van der Waals surface area contributed by atoms with Crippen molar-refractivity contribution < 1.29 is 53.1 Å². The first-order valence-corrected chi connectivity index (χ1v) is 11.7. The molecule has 2 heterocycles. The van der Waals surface area contributed by atoms with E-state index in [-0.39, 0.29) is 22.4 Å². The molecular formula is C24H26N2O10S. The number of hydrogen-bond donors (Lipinski definition) is 1. The Morgan fingerprint density at radius 1 is 0.946 bits per heavy atom. The highest BCUT2D eigenvalue weighted by Gasteiger charge is 2.48. The first-order valence-electron chi connectivity index (χ1n) is 12.9. The molecule has 2 aromatic rings. The van der Waals surface area contributed by atoms with E-state index in [0.717, 1.165) is 11.3 Å². The van der Waals surface area contributed by atoms with Crippen LogP contribution in [-0.2, 0) is 42.9 Å². The van der Waals surface area contributed by atoms with Crippen molar-refractivity contribution in [2.24, 2.45) is 0 Å². The van der Waals surface area contributed by atoms with Crippen molar-refractivity contribution in [1.82, 2.24) is 4.98 Å². The van der Waals surface area contributed by atoms with Crippen LogP contribution < -0.4 is 5.32 Å². The lowest BCUT2D eigenvalue weighted by atomic mass is 9.97. The van der Waals surface area contributed by atoms with Gasteiger partial charge in [-0.15, -0.1) is 0 Å². The van der Waals surface area contributed by atoms with E-state index in [0.29, 0.717) is 5.56 Å². The molecule has 37 heavy (non-hydrogen) atoms. The predicted molar refractivity (Wildman–Crippen MR) is 129 cm³/mol. The Hall–Kier alpha value is -3.20. The number of benzene rings is 1. The van der Waals surface area contributed by atoms with E-state index in [2.05, 4.69) is 10.3 Å². The molecule has 1 saturated heterocycles. The summed E-state index contributed by atoms with van der Waals surface area (Å²) in [5.41, 5.74) is 0.436. The topological polar surface area (TPSA) is 156 Å². The van der Waals surface area contributed by atoms with Crippen LogP contribution in [0.5, 0.6) is 0 Å². The quantitative estimate of drug-likeness (QED) is 0.220. The van der Waals surface area contributed by atoms with Crippen LogP contribution in [0.1, 0.15) is 20.7 Å². The Kier molecular flexibility index (Phi) is 9.40. The average Bonchev–Trinajstić information content (AvgIpc) is 3.38. The maximum Gasteiger partial charge on any atom is 0.204 e. The number of rotatable bonds is 17. The van der Waals surface area contributed by atoms with E-state index >= 15 is 0 Å². The summed E-state index contributed by atoms with van der Waals surface area (Å²) in [6, 6.07) is 8.48. The van der Waals surface area contributed by atoms with Gasteiger partial charge in [-0.25, -0.2) is 4.98 Å². The number of ether oxygens (including phenoxy) is 5. The van der Waals surface area contributed by atoms with Crippen molar-refractivity contribution in [2.75, 3.05) is 38.4 Å². The van der Waals surface area contributed by atoms with Crippen molar-refractivity contribution in [3.63, 3.8) is 0 Å². The molecule has 1 N–H and O–H groups in total. The van der Waals surface area contributed by atoms with Crippen LogP contribution in [0.2, 0.25) is 0 Å². The van der Waals surface area contributed by atoms with Crippen LogP contribution in [0, 0.1) is 0 Å². The molecule has 0 saturated carbocycles. The van der Waals surface area contributed by atoms with E-state index in [9.17, 15) is 24.0 Å². The number of aromatic nitrogens is 1. The molecular weight excluding hydrogens is 508 g/mol. The highest BCUT2D eigenvalue weighted by atomic mass is 32.1. The van der Waals surface area contributed by atoms with Crippen LogP contribution in [0.15, 0.2) is 36.5 Å². The van der Waals surface area contributed by atoms with Gasteiger partial charge in [-0.2, -0.15) is 0 Å². The number of aldehydes is 4. The molecule has 1 aromatic heterocycles. The minimum Gasteiger partial charge on any atom is -0.371 e. The molecule has 0 bridgehead atoms. The molecule has 3 rings (SSSR count). The van der Waals surface area contributed by atoms with Crippen molar-refractivity contribution in [3.05, 3.63) is 47.0 Å². The Labute approximate surface area is 221 Å². The molecule has 198 valence electrons. The van der Waals surface area contributed by atoms with Gasteiger partial charge in [0.15, 0.2) is 11.4 Å². The number of carbonyl (C=O) groups is 5. The van der Waals surface area contributed by atoms with Gasteiger partial charge < -0.3 is 48.2 Å². The van der Waals surface area contributed by atoms with Crippen LogP contribution in [0.25, 0.3) is 0 Å². The maximum atomic E-state index is 12.8. The summed E-state index contributed by atoms with van der Waals surface area (Å²) in [5, 5.41) is 3.10. The summed E-state index contributed by atoms with van der Waals surface area (Å²) in [5.74, 6) is -0.289. The minimum absolute atomic E-state index is 0.178. The van der Waals surface area contributed by atoms with Crippen LogP contribution in [-0.4, -0.2) is 99.5 Å². The van der Waals surface area contributed by atoms with E-state index < -0.39 is 82.1 Å². The molecule has 13 heteroatoms. The third kappa shape index (κ3) is 7.89. The normalized spacial score (nSPS) is 24.7. The molecule has 1 aromatic carbocycles. The van der Waals surface area contributed by atoms with Gasteiger partial charge in [-0.3, -0.25) is 4.79 Å². The zero-order valence-corrected chi connectivity index (χ0v) is 20.1. The van der Waals surface area contributed by atoms with E-state index in [4.69, 9.17) is 29.2 Å². The highest BCUT2D eigenvalue weighted by molar-refractivity contribution is 7.17. The molecule has 1 aliphatic heterocycles. The van der Waals surface area contributed by atoms with Crippen molar-refractivity contribution in [1.29, 1.82) is 0 Å². The first kappa shape index (κ1) is 23.0. The van der Waals surface area contributed by atoms with Gasteiger partial charge in [0.2, 0.25) is 5.78 Å². The van der Waals surface area contributed by atoms with Crippen LogP contribution in [0.4, 0.5) is 5.13 Å². The molecule has 0 spiro atoms. The van der Waals surface area contributed by atoms with Crippen molar-refractivity contribution in [2.45, 2.75) is 30.6 Å². The standard InChI is InChI=1S/C24H26N2O10S/c27-6-10-32-15-17-20(33-11-7-28)21(34-12-8-29)22(35-13-9-30)23(36-17)26-24-25-14-18(37-24)19(31)16-4-2-1-3-5-16/h1-9,14,17,20-23H,10-13,15H2,(H,25,26)/t17-,20-,21+,22+,23?/m1/s1/i6D,7D,8D,9D. The maximum absolute atomic E-state index is 12.8. The molecule has 0 aliphatic carbocycles. The zero-order valence-electron chi connectivity index (χ0n) is 23.3. The van der Waals surface area contributed by atoms with E-state index in [1.165, 1.54) is 6.20 Å². The van der Waals surface area contributed by atoms with E-state index in [1.54, 1.807) is 30.3 Å². The van der Waals surface area contributed by atoms with Gasteiger partial charge in [-0.05, 0) is 0 Å². The Morgan fingerprint density at radius 3 is 2.22 bits per heavy atom. The number of carbonyl (C=O) groups excluding carboxylic acids is 5. The van der Waals surface area contributed by atoms with Crippen molar-refractivity contribution in [3.8, 4) is 0 Å². The number of nitrogens with one attached hydrogen (secondary N) is 1. The lowest BCUT2D eigenvalue weighted by Crippen LogP contribution is -2.63. The number of nitrogens with zero attached hydrogens (tertiary/aromatic N) is 1. The van der Waals surface area contributed by atoms with Gasteiger partial charge in [0.05, 0.1) is 17.7 Å². The lowest BCUT2D eigenvalue weighted by Gasteiger charge is -2.45. The summed E-state index contributed by atoms with van der Waals surface area (Å²) in [4.78, 5) is 62.6. The SMILES string of the molecule is [2H]C(=O)COC[C@H]1OC(Nc2ncc(C(=O)c3ccccc3)s2)[C@@H](OCC([2H])=O)[C@@H](OCC([2H])=O)[C@@H]1OCC([2H])=O. The van der Waals surface area contributed by atoms with Crippen LogP contribution >= 0.6 is 11.3 Å². The van der Waals surface area contributed by atoms with E-state index in [1.807, 2.05) is 0 Å². The van der Waals surface area contributed by atoms with Gasteiger partial charge in [-0.1, -0.05) is 41.7 Å². The minimum atomic E-state index is -1.33. The molecule has 1 aliphatic rings. The van der Waals surface area contributed by atoms with Gasteiger partial charge in [0, 0.05) is 5.56 Å². The fraction of sp³-hybridized carbons (Fsp3) is 0.417. The summed E-state index contributed by atoms with van der Waals surface area (Å²) >= 11 is 0.976. The van der Waals surface area contributed by atoms with Gasteiger partial charge >= 0.3 is 0 Å². The molecule has 5 atom stereocenters. The summed E-state index contributed by atoms with van der Waals surface area (Å²) < 4.78 is 56.6. The molecule has 0 radical (unpaired) electrons. The zero-order chi connectivity index (χ0) is 29.9. The fourth-order valence-corrected chi connectivity index (χ4v) is 4.45. The monoisotopic (exact) mass is 538 g/mol. The van der Waals surface area contributed by atoms with Gasteiger partial charge in [0.25, 0.3) is 0 Å². The number of thiazole rings is 1. The predicted octanol–water partition coefficient (Wildman–Crippen LogP) is 0.479. The molecule has 12 nitrogen and oxygen atoms in total. The Morgan fingerprint density at radius 2 is 1.57 bits per heavy atom. The second kappa shape index (κ2) is 15.1. The Balaban J connectivity index is 1.92. The fourth-order valence-electron chi connectivity index (χ4n) is 3.65.